The third-order valence-corrected chi connectivity index (χ3v) is 7.89. The number of aryl methyl sites for hydroxylation is 1. The van der Waals surface area contributed by atoms with Gasteiger partial charge < -0.3 is 20.1 Å². The molecule has 8 nitrogen and oxygen atoms in total. The molecule has 1 atom stereocenters. The standard InChI is InChI=1S/C28H29F3N3O5P/c1-5-22(33(15-35)28(36,37)38)26-32-21-12-9-17(19-11-10-18(40(3)4)14-20(19)29)13-23(21)34(26)25-16(2)7-6-8-24(25)39-27(30)31/h6-15,22,27,36-38H,5H2,1-4H3. The van der Waals surface area contributed by atoms with Crippen LogP contribution in [0.2, 0.25) is 0 Å². The van der Waals surface area contributed by atoms with E-state index in [1.807, 2.05) is 19.4 Å². The lowest BCUT2D eigenvalue weighted by Gasteiger charge is -2.33. The molecule has 0 fully saturated rings. The van der Waals surface area contributed by atoms with Gasteiger partial charge in [-0.1, -0.05) is 45.2 Å². The molecule has 0 spiro atoms. The Morgan fingerprint density at radius 3 is 2.42 bits per heavy atom. The number of para-hydroxylation sites is 1. The van der Waals surface area contributed by atoms with Crippen molar-refractivity contribution in [2.24, 2.45) is 0 Å². The summed E-state index contributed by atoms with van der Waals surface area (Å²) < 4.78 is 48.3. The van der Waals surface area contributed by atoms with Gasteiger partial charge in [-0.15, -0.1) is 0 Å². The SMILES string of the molecule is CCC(c1nc2ccc(-c3ccc(P(C)C)cc3F)cc2n1-c1c(C)cccc1OC(F)F)N(C=O)C(O)(O)O. The molecule has 1 aromatic heterocycles. The molecule has 1 amide bonds. The number of nitrogens with zero attached hydrogens (tertiary/aromatic N) is 3. The third kappa shape index (κ3) is 5.69. The van der Waals surface area contributed by atoms with Gasteiger partial charge in [0.05, 0.1) is 22.8 Å². The Kier molecular flexibility index (Phi) is 8.51. The molecular weight excluding hydrogens is 546 g/mol. The van der Waals surface area contributed by atoms with Crippen LogP contribution in [0.4, 0.5) is 13.2 Å². The Labute approximate surface area is 230 Å². The van der Waals surface area contributed by atoms with Crippen molar-refractivity contribution in [1.29, 1.82) is 0 Å². The number of fused-ring (bicyclic) bond motifs is 1. The molecule has 40 heavy (non-hydrogen) atoms. The van der Waals surface area contributed by atoms with E-state index in [0.29, 0.717) is 32.6 Å². The maximum Gasteiger partial charge on any atom is 0.387 e. The van der Waals surface area contributed by atoms with Crippen LogP contribution in [-0.2, 0) is 4.79 Å². The highest BCUT2D eigenvalue weighted by molar-refractivity contribution is 7.64. The molecule has 4 rings (SSSR count). The number of rotatable bonds is 10. The first-order valence-corrected chi connectivity index (χ1v) is 14.6. The fourth-order valence-electron chi connectivity index (χ4n) is 4.70. The van der Waals surface area contributed by atoms with Crippen LogP contribution in [0.1, 0.15) is 30.8 Å². The summed E-state index contributed by atoms with van der Waals surface area (Å²) in [5, 5.41) is 30.6. The lowest BCUT2D eigenvalue weighted by molar-refractivity contribution is -0.387. The Hall–Kier alpha value is -3.50. The number of hydrogen-bond donors (Lipinski definition) is 3. The Morgan fingerprint density at radius 1 is 1.12 bits per heavy atom. The molecule has 0 saturated carbocycles. The van der Waals surface area contributed by atoms with Gasteiger partial charge in [-0.2, -0.15) is 8.78 Å². The second-order valence-corrected chi connectivity index (χ2v) is 11.7. The average molecular weight is 576 g/mol. The minimum absolute atomic E-state index is 0.0233. The summed E-state index contributed by atoms with van der Waals surface area (Å²) in [6.07, 6.45) is -3.44. The van der Waals surface area contributed by atoms with E-state index in [9.17, 15) is 28.9 Å². The van der Waals surface area contributed by atoms with Gasteiger partial charge in [0.1, 0.15) is 17.4 Å². The number of halogens is 3. The molecule has 0 saturated heterocycles. The Balaban J connectivity index is 2.06. The quantitative estimate of drug-likeness (QED) is 0.145. The highest BCUT2D eigenvalue weighted by Crippen LogP contribution is 2.38. The molecule has 0 aliphatic heterocycles. The number of ether oxygens (including phenoxy) is 1. The molecule has 212 valence electrons. The van der Waals surface area contributed by atoms with Crippen molar-refractivity contribution < 1.29 is 38.0 Å². The van der Waals surface area contributed by atoms with Gasteiger partial charge in [-0.3, -0.25) is 14.3 Å². The third-order valence-electron chi connectivity index (χ3n) is 6.58. The minimum Gasteiger partial charge on any atom is -0.433 e. The molecule has 0 bridgehead atoms. The van der Waals surface area contributed by atoms with E-state index in [1.54, 1.807) is 44.2 Å². The molecule has 0 aliphatic rings. The molecule has 1 unspecified atom stereocenters. The maximum absolute atomic E-state index is 15.2. The van der Waals surface area contributed by atoms with Crippen LogP contribution in [0.3, 0.4) is 0 Å². The van der Waals surface area contributed by atoms with Crippen molar-refractivity contribution in [3.8, 4) is 22.6 Å². The zero-order chi connectivity index (χ0) is 29.4. The summed E-state index contributed by atoms with van der Waals surface area (Å²) in [5.41, 5.74) is 2.13. The zero-order valence-electron chi connectivity index (χ0n) is 22.2. The molecule has 12 heteroatoms. The average Bonchev–Trinajstić information content (AvgIpc) is 3.24. The second kappa shape index (κ2) is 11.5. The number of aliphatic hydroxyl groups is 3. The number of carbonyl (C=O) groups is 1. The van der Waals surface area contributed by atoms with E-state index in [1.165, 1.54) is 22.8 Å². The summed E-state index contributed by atoms with van der Waals surface area (Å²) in [4.78, 5) is 16.8. The first-order valence-electron chi connectivity index (χ1n) is 12.3. The van der Waals surface area contributed by atoms with E-state index in [4.69, 9.17) is 4.74 Å². The van der Waals surface area contributed by atoms with Crippen molar-refractivity contribution in [3.63, 3.8) is 0 Å². The van der Waals surface area contributed by atoms with Crippen LogP contribution < -0.4 is 10.0 Å². The van der Waals surface area contributed by atoms with Crippen LogP contribution in [-0.4, -0.2) is 62.2 Å². The highest BCUT2D eigenvalue weighted by Gasteiger charge is 2.38. The smallest absolute Gasteiger partial charge is 0.387 e. The number of hydrogen-bond acceptors (Lipinski definition) is 6. The molecule has 0 aliphatic carbocycles. The number of aromatic nitrogens is 2. The highest BCUT2D eigenvalue weighted by atomic mass is 31.1. The number of alkyl halides is 2. The van der Waals surface area contributed by atoms with E-state index in [-0.39, 0.29) is 30.1 Å². The topological polar surface area (TPSA) is 108 Å². The first-order chi connectivity index (χ1) is 18.9. The molecule has 0 radical (unpaired) electrons. The normalized spacial score (nSPS) is 12.8. The largest absolute Gasteiger partial charge is 0.433 e. The van der Waals surface area contributed by atoms with E-state index < -0.39 is 32.5 Å². The van der Waals surface area contributed by atoms with Gasteiger partial charge in [0, 0.05) is 5.56 Å². The van der Waals surface area contributed by atoms with Crippen LogP contribution >= 0.6 is 7.92 Å². The van der Waals surface area contributed by atoms with Gasteiger partial charge in [-0.25, -0.2) is 9.37 Å². The number of amides is 1. The fraction of sp³-hybridized carbons (Fsp3) is 0.286. The van der Waals surface area contributed by atoms with Gasteiger partial charge in [0.2, 0.25) is 6.41 Å². The zero-order valence-corrected chi connectivity index (χ0v) is 23.1. The predicted molar refractivity (Wildman–Crippen MR) is 147 cm³/mol. The summed E-state index contributed by atoms with van der Waals surface area (Å²) in [7, 11) is -0.519. The van der Waals surface area contributed by atoms with Gasteiger partial charge in [0.25, 0.3) is 0 Å². The molecule has 1 heterocycles. The van der Waals surface area contributed by atoms with Gasteiger partial charge >= 0.3 is 12.7 Å². The maximum atomic E-state index is 15.2. The number of imidazole rings is 1. The minimum atomic E-state index is -3.53. The van der Waals surface area contributed by atoms with Crippen LogP contribution in [0.25, 0.3) is 27.8 Å². The summed E-state index contributed by atoms with van der Waals surface area (Å²) in [6, 6.07) is 13.2. The van der Waals surface area contributed by atoms with Crippen LogP contribution in [0, 0.1) is 12.7 Å². The predicted octanol–water partition coefficient (Wildman–Crippen LogP) is 4.61. The number of carbonyl (C=O) groups excluding carboxylic acids is 1. The fourth-order valence-corrected chi connectivity index (χ4v) is 5.45. The lowest BCUT2D eigenvalue weighted by Crippen LogP contribution is -2.50. The monoisotopic (exact) mass is 575 g/mol. The van der Waals surface area contributed by atoms with Crippen LogP contribution in [0.5, 0.6) is 5.75 Å². The van der Waals surface area contributed by atoms with Gasteiger partial charge in [-0.05, 0) is 67.4 Å². The van der Waals surface area contributed by atoms with Crippen molar-refractivity contribution >= 4 is 30.7 Å². The molecular formula is C28H29F3N3O5P. The van der Waals surface area contributed by atoms with Crippen molar-refractivity contribution in [2.75, 3.05) is 13.3 Å². The molecule has 3 aromatic carbocycles. The Morgan fingerprint density at radius 2 is 1.85 bits per heavy atom. The van der Waals surface area contributed by atoms with E-state index in [2.05, 4.69) is 4.98 Å². The first kappa shape index (κ1) is 29.5. The number of benzene rings is 3. The van der Waals surface area contributed by atoms with Crippen molar-refractivity contribution in [2.45, 2.75) is 39.0 Å². The van der Waals surface area contributed by atoms with Gasteiger partial charge in [0.15, 0.2) is 0 Å². The van der Waals surface area contributed by atoms with Crippen molar-refractivity contribution in [3.05, 3.63) is 71.8 Å². The van der Waals surface area contributed by atoms with E-state index in [0.717, 1.165) is 5.30 Å². The van der Waals surface area contributed by atoms with Crippen molar-refractivity contribution in [1.82, 2.24) is 14.5 Å². The summed E-state index contributed by atoms with van der Waals surface area (Å²) in [5.74, 6) is -0.609. The summed E-state index contributed by atoms with van der Waals surface area (Å²) in [6.45, 7) is 4.15. The lowest BCUT2D eigenvalue weighted by atomic mass is 10.0. The Bertz CT molecular complexity index is 1540. The van der Waals surface area contributed by atoms with Crippen LogP contribution in [0.15, 0.2) is 54.6 Å². The molecule has 4 aromatic rings. The summed E-state index contributed by atoms with van der Waals surface area (Å²) >= 11 is 0. The van der Waals surface area contributed by atoms with E-state index >= 15 is 4.39 Å². The molecule has 3 N–H and O–H groups in total. The second-order valence-electron chi connectivity index (χ2n) is 9.40.